The number of aliphatic hydroxyl groups is 3. The van der Waals surface area contributed by atoms with E-state index in [-0.39, 0.29) is 69.9 Å². The highest BCUT2D eigenvalue weighted by atomic mass is 32.2. The van der Waals surface area contributed by atoms with E-state index in [1.165, 1.54) is 53.1 Å². The molecule has 0 saturated carbocycles. The number of nitrogens with zero attached hydrogens (tertiary/aromatic N) is 1. The van der Waals surface area contributed by atoms with Gasteiger partial charge in [0.15, 0.2) is 17.3 Å². The Morgan fingerprint density at radius 2 is 0.894 bits per heavy atom. The molecule has 0 bridgehead atoms. The van der Waals surface area contributed by atoms with Crippen molar-refractivity contribution in [2.24, 2.45) is 0 Å². The van der Waals surface area contributed by atoms with Crippen LogP contribution in [0.4, 0.5) is 11.4 Å². The highest BCUT2D eigenvalue weighted by Gasteiger charge is 2.18. The molecular weight excluding hydrogens is 1640 g/mol. The number of phenolic OH excluding ortho intramolecular Hbond substituents is 3. The van der Waals surface area contributed by atoms with Crippen LogP contribution in [-0.2, 0) is 13.2 Å². The maximum absolute atomic E-state index is 11.9. The van der Waals surface area contributed by atoms with Gasteiger partial charge in [-0.2, -0.15) is 37.0 Å². The highest BCUT2D eigenvalue weighted by Crippen LogP contribution is 2.34. The van der Waals surface area contributed by atoms with Gasteiger partial charge in [-0.05, 0) is 149 Å². The lowest BCUT2D eigenvalue weighted by molar-refractivity contribution is 0.0651. The molecule has 23 nitrogen and oxygen atoms in total. The number of pyridine rings is 1. The van der Waals surface area contributed by atoms with E-state index in [0.717, 1.165) is 66.9 Å². The van der Waals surface area contributed by atoms with E-state index < -0.39 is 41.9 Å². The average molecular weight is 1740 g/mol. The normalized spacial score (nSPS) is 10.3. The summed E-state index contributed by atoms with van der Waals surface area (Å²) >= 11 is 11.7. The number of ether oxygens (including phenoxy) is 1. The molecule has 0 fully saturated rings. The number of para-hydroxylation sites is 6. The summed E-state index contributed by atoms with van der Waals surface area (Å²) in [6.45, 7) is 5.97. The van der Waals surface area contributed by atoms with Gasteiger partial charge in [-0.15, -0.1) is 11.8 Å². The van der Waals surface area contributed by atoms with Crippen molar-refractivity contribution in [3.63, 3.8) is 0 Å². The molecule has 0 aliphatic carbocycles. The summed E-state index contributed by atoms with van der Waals surface area (Å²) in [6, 6.07) is 89.6. The fourth-order valence-corrected chi connectivity index (χ4v) is 13.3. The molecule has 2 aromatic heterocycles. The fourth-order valence-electron chi connectivity index (χ4n) is 10.9. The van der Waals surface area contributed by atoms with Crippen LogP contribution in [0.2, 0.25) is 0 Å². The van der Waals surface area contributed by atoms with Crippen molar-refractivity contribution >= 4 is 123 Å². The second kappa shape index (κ2) is 53.1. The average Bonchev–Trinajstić information content (AvgIpc) is 1.69. The number of fused-ring (bicyclic) bond motifs is 2. The molecule has 0 aliphatic heterocycles. The number of benzene rings is 12. The number of aromatic hydroxyl groups is 3. The number of ketones is 1. The van der Waals surface area contributed by atoms with Crippen LogP contribution in [0.3, 0.4) is 0 Å². The van der Waals surface area contributed by atoms with Gasteiger partial charge in [0, 0.05) is 55.9 Å². The van der Waals surface area contributed by atoms with Gasteiger partial charge in [0.05, 0.1) is 58.5 Å². The van der Waals surface area contributed by atoms with E-state index in [2.05, 4.69) is 78.7 Å². The zero-order valence-corrected chi connectivity index (χ0v) is 70.3. The molecule has 1 atom stereocenters. The number of rotatable bonds is 23. The van der Waals surface area contributed by atoms with Crippen molar-refractivity contribution in [1.29, 1.82) is 0 Å². The first-order valence-corrected chi connectivity index (χ1v) is 41.1. The zero-order chi connectivity index (χ0) is 89.6. The van der Waals surface area contributed by atoms with Crippen molar-refractivity contribution in [3.05, 3.63) is 388 Å². The zero-order valence-electron chi connectivity index (χ0n) is 66.9. The number of phenols is 3. The molecule has 0 radical (unpaired) electrons. The maximum atomic E-state index is 11.9. The Morgan fingerprint density at radius 1 is 0.439 bits per heavy atom. The number of thioether (sulfide) groups is 2. The number of carbonyl (C=O) groups is 7. The van der Waals surface area contributed by atoms with Crippen molar-refractivity contribution in [2.75, 3.05) is 34.1 Å². The maximum Gasteiger partial charge on any atom is 0.354 e. The Labute approximate surface area is 730 Å². The van der Waals surface area contributed by atoms with E-state index >= 15 is 0 Å². The number of aromatic amines is 1. The van der Waals surface area contributed by atoms with E-state index in [9.17, 15) is 54.0 Å². The molecule has 0 amide bonds. The lowest BCUT2D eigenvalue weighted by atomic mass is 10.0. The van der Waals surface area contributed by atoms with Gasteiger partial charge in [0.2, 0.25) is 0 Å². The van der Waals surface area contributed by atoms with Gasteiger partial charge >= 0.3 is 35.8 Å². The summed E-state index contributed by atoms with van der Waals surface area (Å²) in [4.78, 5) is 83.6. The van der Waals surface area contributed by atoms with Crippen LogP contribution in [0, 0.1) is 6.92 Å². The third-order valence-corrected chi connectivity index (χ3v) is 20.2. The molecule has 14 N–H and O–H groups in total. The summed E-state index contributed by atoms with van der Waals surface area (Å²) < 4.78 is 5.70. The van der Waals surface area contributed by atoms with Crippen LogP contribution in [0.15, 0.2) is 320 Å². The first-order chi connectivity index (χ1) is 59.2. The number of anilines is 2. The first kappa shape index (κ1) is 98.2. The summed E-state index contributed by atoms with van der Waals surface area (Å²) in [6.07, 6.45) is 1.04. The number of hydrogen-bond donors (Lipinski definition) is 16. The van der Waals surface area contributed by atoms with Crippen molar-refractivity contribution < 1.29 is 99.6 Å². The van der Waals surface area contributed by atoms with Crippen molar-refractivity contribution in [3.8, 4) is 28.7 Å². The Hall–Kier alpha value is -13.6. The number of aromatic carboxylic acids is 6. The van der Waals surface area contributed by atoms with E-state index in [4.69, 9.17) is 45.6 Å². The fraction of sp³-hybridized carbons (Fsp3) is 0.125. The third-order valence-electron chi connectivity index (χ3n) is 17.0. The molecule has 12 aromatic carbocycles. The smallest absolute Gasteiger partial charge is 0.354 e. The second-order valence-electron chi connectivity index (χ2n) is 26.1. The Bertz CT molecular complexity index is 5530. The molecular formula is C96H93N3O20S4. The number of carboxylic acid groups (broad SMARTS) is 6. The van der Waals surface area contributed by atoms with Gasteiger partial charge in [0.25, 0.3) is 0 Å². The van der Waals surface area contributed by atoms with Crippen LogP contribution < -0.4 is 10.1 Å². The number of aliphatic hydroxyl groups excluding tert-OH is 3. The Balaban J connectivity index is 0.000000217. The lowest BCUT2D eigenvalue weighted by Crippen LogP contribution is -2.07. The van der Waals surface area contributed by atoms with Gasteiger partial charge in [0.1, 0.15) is 28.6 Å². The predicted octanol–water partition coefficient (Wildman–Crippen LogP) is 20.4. The van der Waals surface area contributed by atoms with E-state index in [1.807, 2.05) is 121 Å². The highest BCUT2D eigenvalue weighted by molar-refractivity contribution is 8.00. The number of hydrogen-bond acceptors (Lipinski definition) is 20. The van der Waals surface area contributed by atoms with Crippen LogP contribution >= 0.6 is 48.8 Å². The van der Waals surface area contributed by atoms with Gasteiger partial charge in [-0.1, -0.05) is 226 Å². The van der Waals surface area contributed by atoms with Gasteiger partial charge < -0.3 is 76.3 Å². The molecule has 14 rings (SSSR count). The number of H-pyrrole nitrogens is 1. The van der Waals surface area contributed by atoms with Crippen molar-refractivity contribution in [2.45, 2.75) is 50.9 Å². The minimum absolute atomic E-state index is 0.0198. The minimum atomic E-state index is -1.22. The molecule has 14 aromatic rings. The van der Waals surface area contributed by atoms with E-state index in [1.54, 1.807) is 158 Å². The summed E-state index contributed by atoms with van der Waals surface area (Å²) in [5, 5.41) is 114. The van der Waals surface area contributed by atoms with Crippen LogP contribution in [0.1, 0.15) is 132 Å². The minimum Gasteiger partial charge on any atom is -0.507 e. The quantitative estimate of drug-likeness (QED) is 0.00930. The molecule has 2 heterocycles. The monoisotopic (exact) mass is 1740 g/mol. The Kier molecular flexibility index (Phi) is 42.4. The van der Waals surface area contributed by atoms with Crippen molar-refractivity contribution in [1.82, 2.24) is 9.97 Å². The number of aromatic nitrogens is 2. The second-order valence-corrected chi connectivity index (χ2v) is 29.3. The molecule has 0 aliphatic rings. The molecule has 1 unspecified atom stereocenters. The topological polar surface area (TPSA) is 412 Å². The molecule has 0 saturated heterocycles. The largest absolute Gasteiger partial charge is 0.507 e. The van der Waals surface area contributed by atoms with Gasteiger partial charge in [-0.3, -0.25) is 4.79 Å². The molecule has 636 valence electrons. The first-order valence-electron chi connectivity index (χ1n) is 37.7. The number of nitrogens with one attached hydrogen (secondary N) is 2. The lowest BCUT2D eigenvalue weighted by Gasteiger charge is -2.14. The number of carboxylic acids is 6. The molecule has 123 heavy (non-hydrogen) atoms. The number of thiol groups is 2. The Morgan fingerprint density at radius 3 is 1.37 bits per heavy atom. The summed E-state index contributed by atoms with van der Waals surface area (Å²) in [5.74, 6) is -0.100. The predicted molar refractivity (Wildman–Crippen MR) is 489 cm³/mol. The van der Waals surface area contributed by atoms with Crippen LogP contribution in [-0.4, -0.2) is 142 Å². The van der Waals surface area contributed by atoms with Crippen LogP contribution in [0.5, 0.6) is 28.7 Å². The van der Waals surface area contributed by atoms with Gasteiger partial charge in [-0.25, -0.2) is 33.8 Å². The van der Waals surface area contributed by atoms with E-state index in [0.29, 0.717) is 45.7 Å². The third kappa shape index (κ3) is 33.1. The molecule has 27 heteroatoms. The number of carbonyl (C=O) groups excluding carboxylic acids is 1. The summed E-state index contributed by atoms with van der Waals surface area (Å²) in [7, 11) is 0. The standard InChI is InChI=1S/C17H20OS.C14H11NO4.C14H14O3.C13H10O2.C10H8O2.C9H7NO2.C9H8O4.C6H5NO2.C4H10S3/c1-13(2)15-10-6-7-11-17(15)19-12-16(18)14-8-4-3-5-9-14;16-13(17)9-5-1-3-7-11(9)15-12-8-4-2-6-10(12)14(18)19;15-9-11-5-1-3-7-13(11)17-14-8-4-2-6-12(14)10-16;14-12-9-5-4-8-11(12)13(15)10-6-2-1-3-7-10;11-9-5-7-3-1-2-4-8(7)6-10(9)12;11-9(12)8-5-6-3-1-2-4-7(6)10-8;1-5-2-3-6(8(10)11)7(4-5)9(12)13;8-6(9)5-3-1-2-4-7-5;5-1-3-7-4-2-6/h3-11,13,16,18H,12H2,1-2H3;1-8,15H,(H,16,17)(H,18,19);1-8,15-16H,9-10H2;1-9,14H;1-6,11-12H;1-5,10H,(H,11,12);2-4H,1H3,(H,10,11)(H,12,13);1-4H,(H,8,9);5-6H,1-4H2. The molecule has 0 spiro atoms. The van der Waals surface area contributed by atoms with Crippen LogP contribution in [0.25, 0.3) is 21.7 Å². The summed E-state index contributed by atoms with van der Waals surface area (Å²) in [5.41, 5.74) is 7.11. The SMILES string of the molecule is CC(C)c1ccccc1SCC(O)c1ccccc1.Cc1ccc(C(=O)O)c(C(=O)O)c1.O=C(O)c1cc2ccccc2[nH]1.O=C(O)c1ccccc1Nc1ccccc1C(=O)O.O=C(O)c1ccccn1.O=C(c1ccccc1)c1ccccc1O.OCc1ccccc1Oc1ccccc1CO.Oc1cc2ccccc2cc1O.SCCSCCS. The number of aryl methyl sites for hydroxylation is 1.